The number of hydrogen-bond donors (Lipinski definition) is 0. The first-order chi connectivity index (χ1) is 11.2. The lowest BCUT2D eigenvalue weighted by molar-refractivity contribution is 0.0956. The minimum atomic E-state index is 0.0682. The van der Waals surface area contributed by atoms with Crippen LogP contribution in [0.4, 0.5) is 0 Å². The van der Waals surface area contributed by atoms with Gasteiger partial charge < -0.3 is 14.4 Å². The first-order valence-electron chi connectivity index (χ1n) is 8.21. The summed E-state index contributed by atoms with van der Waals surface area (Å²) < 4.78 is 11.9. The Hall–Kier alpha value is -2.00. The average Bonchev–Trinajstić information content (AvgIpc) is 2.57. The molecule has 0 unspecified atom stereocenters. The number of aryl methyl sites for hydroxylation is 1. The van der Waals surface area contributed by atoms with Gasteiger partial charge in [0.1, 0.15) is 6.10 Å². The van der Waals surface area contributed by atoms with E-state index in [-0.39, 0.29) is 6.10 Å². The molecule has 0 amide bonds. The molecule has 0 saturated carbocycles. The molecule has 3 nitrogen and oxygen atoms in total. The van der Waals surface area contributed by atoms with Gasteiger partial charge in [0.2, 0.25) is 0 Å². The summed E-state index contributed by atoms with van der Waals surface area (Å²) in [7, 11) is 5.94. The van der Waals surface area contributed by atoms with Crippen molar-refractivity contribution in [3.8, 4) is 11.5 Å². The molecule has 3 heteroatoms. The number of para-hydroxylation sites is 2. The van der Waals surface area contributed by atoms with Crippen molar-refractivity contribution >= 4 is 0 Å². The Bertz CT molecular complexity index is 654. The molecule has 0 spiro atoms. The minimum Gasteiger partial charge on any atom is -0.493 e. The summed E-state index contributed by atoms with van der Waals surface area (Å²) in [6, 6.07) is 16.6. The molecule has 122 valence electrons. The fourth-order valence-corrected chi connectivity index (χ4v) is 3.45. The van der Waals surface area contributed by atoms with Gasteiger partial charge >= 0.3 is 0 Å². The largest absolute Gasteiger partial charge is 0.493 e. The summed E-state index contributed by atoms with van der Waals surface area (Å²) >= 11 is 0. The Labute approximate surface area is 138 Å². The lowest BCUT2D eigenvalue weighted by atomic mass is 9.81. The van der Waals surface area contributed by atoms with Crippen LogP contribution in [-0.4, -0.2) is 32.6 Å². The van der Waals surface area contributed by atoms with Gasteiger partial charge in [-0.2, -0.15) is 0 Å². The third-order valence-electron chi connectivity index (χ3n) is 4.50. The Kier molecular flexibility index (Phi) is 4.87. The molecule has 0 heterocycles. The van der Waals surface area contributed by atoms with Gasteiger partial charge in [0.25, 0.3) is 0 Å². The van der Waals surface area contributed by atoms with E-state index in [1.54, 1.807) is 7.11 Å². The third-order valence-corrected chi connectivity index (χ3v) is 4.50. The van der Waals surface area contributed by atoms with E-state index in [0.29, 0.717) is 5.92 Å². The van der Waals surface area contributed by atoms with Crippen LogP contribution in [0.15, 0.2) is 48.5 Å². The molecule has 1 aliphatic carbocycles. The molecule has 0 bridgehead atoms. The van der Waals surface area contributed by atoms with E-state index >= 15 is 0 Å². The van der Waals surface area contributed by atoms with Crippen LogP contribution >= 0.6 is 0 Å². The quantitative estimate of drug-likeness (QED) is 0.835. The number of methoxy groups -OCH3 is 1. The molecule has 23 heavy (non-hydrogen) atoms. The zero-order valence-electron chi connectivity index (χ0n) is 14.2. The van der Waals surface area contributed by atoms with Crippen molar-refractivity contribution in [3.05, 3.63) is 59.7 Å². The van der Waals surface area contributed by atoms with Gasteiger partial charge in [-0.1, -0.05) is 36.4 Å². The van der Waals surface area contributed by atoms with Gasteiger partial charge in [-0.25, -0.2) is 0 Å². The van der Waals surface area contributed by atoms with Crippen LogP contribution in [0.5, 0.6) is 11.5 Å². The number of fused-ring (bicyclic) bond motifs is 1. The van der Waals surface area contributed by atoms with Gasteiger partial charge in [0, 0.05) is 12.5 Å². The van der Waals surface area contributed by atoms with Gasteiger partial charge in [0.15, 0.2) is 11.5 Å². The number of ether oxygens (including phenoxy) is 2. The summed E-state index contributed by atoms with van der Waals surface area (Å²) in [5, 5.41) is 0. The Morgan fingerprint density at radius 3 is 2.43 bits per heavy atom. The van der Waals surface area contributed by atoms with Crippen molar-refractivity contribution in [2.75, 3.05) is 27.7 Å². The summed E-state index contributed by atoms with van der Waals surface area (Å²) in [6.45, 7) is 1.02. The second-order valence-electron chi connectivity index (χ2n) is 6.45. The summed E-state index contributed by atoms with van der Waals surface area (Å²) in [4.78, 5) is 2.25. The SMILES string of the molecule is COc1ccccc1O[C@@H]1c2ccccc2CC[C@H]1CN(C)C. The molecule has 0 saturated heterocycles. The molecule has 0 N–H and O–H groups in total. The first-order valence-corrected chi connectivity index (χ1v) is 8.21. The fourth-order valence-electron chi connectivity index (χ4n) is 3.45. The van der Waals surface area contributed by atoms with Crippen LogP contribution in [0.25, 0.3) is 0 Å². The van der Waals surface area contributed by atoms with Crippen molar-refractivity contribution < 1.29 is 9.47 Å². The van der Waals surface area contributed by atoms with Crippen LogP contribution in [0.2, 0.25) is 0 Å². The lowest BCUT2D eigenvalue weighted by Gasteiger charge is -2.35. The van der Waals surface area contributed by atoms with Gasteiger partial charge in [0.05, 0.1) is 7.11 Å². The highest BCUT2D eigenvalue weighted by atomic mass is 16.5. The fraction of sp³-hybridized carbons (Fsp3) is 0.400. The zero-order chi connectivity index (χ0) is 16.2. The Morgan fingerprint density at radius 2 is 1.70 bits per heavy atom. The van der Waals surface area contributed by atoms with Gasteiger partial charge in [-0.05, 0) is 50.2 Å². The van der Waals surface area contributed by atoms with E-state index in [1.807, 2.05) is 24.3 Å². The average molecular weight is 311 g/mol. The number of rotatable bonds is 5. The van der Waals surface area contributed by atoms with E-state index in [4.69, 9.17) is 9.47 Å². The molecule has 2 atom stereocenters. The standard InChI is InChI=1S/C20H25NO2/c1-21(2)14-16-13-12-15-8-4-5-9-17(15)20(16)23-19-11-7-6-10-18(19)22-3/h4-11,16,20H,12-14H2,1-3H3/t16-,20-/m0/s1. The van der Waals surface area contributed by atoms with Gasteiger partial charge in [-0.3, -0.25) is 0 Å². The van der Waals surface area contributed by atoms with Crippen LogP contribution < -0.4 is 9.47 Å². The molecule has 0 aliphatic heterocycles. The molecule has 0 aromatic heterocycles. The highest BCUT2D eigenvalue weighted by Gasteiger charge is 2.32. The smallest absolute Gasteiger partial charge is 0.162 e. The maximum Gasteiger partial charge on any atom is 0.162 e. The maximum absolute atomic E-state index is 6.47. The van der Waals surface area contributed by atoms with Crippen LogP contribution in [0.1, 0.15) is 23.7 Å². The van der Waals surface area contributed by atoms with Crippen molar-refractivity contribution in [3.63, 3.8) is 0 Å². The number of hydrogen-bond acceptors (Lipinski definition) is 3. The van der Waals surface area contributed by atoms with Crippen LogP contribution in [0, 0.1) is 5.92 Å². The molecular formula is C20H25NO2. The Balaban J connectivity index is 1.94. The topological polar surface area (TPSA) is 21.7 Å². The van der Waals surface area contributed by atoms with E-state index in [9.17, 15) is 0 Å². The van der Waals surface area contributed by atoms with E-state index in [1.165, 1.54) is 11.1 Å². The van der Waals surface area contributed by atoms with Crippen LogP contribution in [-0.2, 0) is 6.42 Å². The van der Waals surface area contributed by atoms with E-state index in [2.05, 4.69) is 43.3 Å². The van der Waals surface area contributed by atoms with Crippen molar-refractivity contribution in [2.24, 2.45) is 5.92 Å². The molecule has 2 aromatic carbocycles. The van der Waals surface area contributed by atoms with Crippen molar-refractivity contribution in [2.45, 2.75) is 18.9 Å². The molecular weight excluding hydrogens is 286 g/mol. The predicted molar refractivity (Wildman–Crippen MR) is 93.2 cm³/mol. The Morgan fingerprint density at radius 1 is 1.00 bits per heavy atom. The molecule has 0 fully saturated rings. The molecule has 1 aliphatic rings. The third kappa shape index (κ3) is 3.50. The summed E-state index contributed by atoms with van der Waals surface area (Å²) in [6.07, 6.45) is 2.34. The monoisotopic (exact) mass is 311 g/mol. The van der Waals surface area contributed by atoms with Crippen LogP contribution in [0.3, 0.4) is 0 Å². The minimum absolute atomic E-state index is 0.0682. The highest BCUT2D eigenvalue weighted by Crippen LogP contribution is 2.40. The van der Waals surface area contributed by atoms with E-state index in [0.717, 1.165) is 30.9 Å². The van der Waals surface area contributed by atoms with Crippen molar-refractivity contribution in [1.29, 1.82) is 0 Å². The highest BCUT2D eigenvalue weighted by molar-refractivity contribution is 5.41. The normalized spacial score (nSPS) is 20.2. The van der Waals surface area contributed by atoms with Crippen molar-refractivity contribution in [1.82, 2.24) is 4.90 Å². The molecule has 0 radical (unpaired) electrons. The first kappa shape index (κ1) is 15.9. The molecule has 3 rings (SSSR count). The predicted octanol–water partition coefficient (Wildman–Crippen LogP) is 3.94. The lowest BCUT2D eigenvalue weighted by Crippen LogP contribution is -2.33. The van der Waals surface area contributed by atoms with E-state index < -0.39 is 0 Å². The number of nitrogens with zero attached hydrogens (tertiary/aromatic N) is 1. The number of benzene rings is 2. The second kappa shape index (κ2) is 7.05. The second-order valence-corrected chi connectivity index (χ2v) is 6.45. The summed E-state index contributed by atoms with van der Waals surface area (Å²) in [5.41, 5.74) is 2.72. The molecule has 2 aromatic rings. The maximum atomic E-state index is 6.47. The zero-order valence-corrected chi connectivity index (χ0v) is 14.2. The summed E-state index contributed by atoms with van der Waals surface area (Å²) in [5.74, 6) is 2.09. The van der Waals surface area contributed by atoms with Gasteiger partial charge in [-0.15, -0.1) is 0 Å².